The molecule has 0 saturated carbocycles. The van der Waals surface area contributed by atoms with Crippen LogP contribution in [-0.4, -0.2) is 30.4 Å². The van der Waals surface area contributed by atoms with Gasteiger partial charge in [-0.05, 0) is 17.7 Å². The van der Waals surface area contributed by atoms with E-state index in [4.69, 9.17) is 19.7 Å². The van der Waals surface area contributed by atoms with Gasteiger partial charge in [-0.3, -0.25) is 4.79 Å². The van der Waals surface area contributed by atoms with Crippen molar-refractivity contribution < 1.29 is 24.5 Å². The van der Waals surface area contributed by atoms with Crippen molar-refractivity contribution >= 4 is 12.0 Å². The van der Waals surface area contributed by atoms with Crippen molar-refractivity contribution in [1.82, 2.24) is 0 Å². The molecule has 0 aromatic heterocycles. The number of carbonyl (C=O) groups is 1. The number of ether oxygens (including phenoxy) is 2. The fourth-order valence-corrected chi connectivity index (χ4v) is 1.53. The predicted octanol–water partition coefficient (Wildman–Crippen LogP) is 1.68. The third kappa shape index (κ3) is 3.49. The minimum atomic E-state index is -0.906. The first-order chi connectivity index (χ1) is 8.62. The lowest BCUT2D eigenvalue weighted by Crippen LogP contribution is -1.96. The molecule has 1 rings (SSSR count). The van der Waals surface area contributed by atoms with Crippen molar-refractivity contribution in [2.45, 2.75) is 13.0 Å². The minimum absolute atomic E-state index is 0.0753. The highest BCUT2D eigenvalue weighted by Crippen LogP contribution is 2.31. The molecule has 0 bridgehead atoms. The normalized spacial score (nSPS) is 10.6. The Hall–Kier alpha value is -2.01. The Labute approximate surface area is 105 Å². The third-order valence-corrected chi connectivity index (χ3v) is 2.36. The maximum atomic E-state index is 10.5. The first-order valence-corrected chi connectivity index (χ1v) is 5.36. The second-order valence-electron chi connectivity index (χ2n) is 3.57. The molecule has 0 aliphatic carbocycles. The third-order valence-electron chi connectivity index (χ3n) is 2.36. The number of aliphatic hydroxyl groups is 1. The van der Waals surface area contributed by atoms with E-state index in [1.165, 1.54) is 20.3 Å². The summed E-state index contributed by atoms with van der Waals surface area (Å²) < 4.78 is 10.4. The zero-order chi connectivity index (χ0) is 13.5. The summed E-state index contributed by atoms with van der Waals surface area (Å²) in [6.45, 7) is -0.119. The number of methoxy groups -OCH3 is 2. The average molecular weight is 252 g/mol. The Morgan fingerprint density at radius 2 is 1.83 bits per heavy atom. The monoisotopic (exact) mass is 252 g/mol. The van der Waals surface area contributed by atoms with Gasteiger partial charge in [0.1, 0.15) is 11.5 Å². The van der Waals surface area contributed by atoms with E-state index in [0.29, 0.717) is 22.6 Å². The van der Waals surface area contributed by atoms with Gasteiger partial charge < -0.3 is 19.7 Å². The molecule has 0 fully saturated rings. The van der Waals surface area contributed by atoms with Crippen LogP contribution in [0.1, 0.15) is 17.5 Å². The second kappa shape index (κ2) is 6.66. The molecule has 0 aliphatic heterocycles. The average Bonchev–Trinajstić information content (AvgIpc) is 2.37. The summed E-state index contributed by atoms with van der Waals surface area (Å²) in [7, 11) is 3.01. The molecular formula is C13H16O5. The van der Waals surface area contributed by atoms with E-state index in [2.05, 4.69) is 0 Å². The van der Waals surface area contributed by atoms with Crippen molar-refractivity contribution in [3.05, 3.63) is 29.3 Å². The van der Waals surface area contributed by atoms with Crippen molar-refractivity contribution in [3.8, 4) is 11.5 Å². The molecule has 1 aromatic rings. The number of rotatable bonds is 6. The summed E-state index contributed by atoms with van der Waals surface area (Å²) in [6.07, 6.45) is 3.07. The van der Waals surface area contributed by atoms with E-state index in [1.807, 2.05) is 0 Å². The van der Waals surface area contributed by atoms with Gasteiger partial charge >= 0.3 is 5.97 Å². The quantitative estimate of drug-likeness (QED) is 0.805. The van der Waals surface area contributed by atoms with Crippen LogP contribution in [0.5, 0.6) is 11.5 Å². The fourth-order valence-electron chi connectivity index (χ4n) is 1.53. The number of aliphatic carboxylic acids is 1. The van der Waals surface area contributed by atoms with E-state index >= 15 is 0 Å². The van der Waals surface area contributed by atoms with Crippen LogP contribution in [-0.2, 0) is 11.4 Å². The SMILES string of the molecule is COc1cc(CO)cc(OC)c1C=CCC(=O)O. The van der Waals surface area contributed by atoms with E-state index < -0.39 is 5.97 Å². The number of benzene rings is 1. The lowest BCUT2D eigenvalue weighted by molar-refractivity contribution is -0.135. The Morgan fingerprint density at radius 3 is 2.22 bits per heavy atom. The van der Waals surface area contributed by atoms with Crippen LogP contribution in [0.3, 0.4) is 0 Å². The summed E-state index contributed by atoms with van der Waals surface area (Å²) >= 11 is 0. The van der Waals surface area contributed by atoms with Crippen LogP contribution in [0.25, 0.3) is 6.08 Å². The zero-order valence-electron chi connectivity index (χ0n) is 10.3. The molecule has 0 heterocycles. The standard InChI is InChI=1S/C13H16O5/c1-17-11-6-9(8-14)7-12(18-2)10(11)4-3-5-13(15)16/h3-4,6-7,14H,5,8H2,1-2H3,(H,15,16). The smallest absolute Gasteiger partial charge is 0.307 e. The Bertz CT molecular complexity index is 426. The van der Waals surface area contributed by atoms with Crippen LogP contribution in [0.2, 0.25) is 0 Å². The van der Waals surface area contributed by atoms with E-state index in [-0.39, 0.29) is 13.0 Å². The molecule has 5 heteroatoms. The molecule has 0 aliphatic rings. The fraction of sp³-hybridized carbons (Fsp3) is 0.308. The lowest BCUT2D eigenvalue weighted by atomic mass is 10.1. The van der Waals surface area contributed by atoms with E-state index in [0.717, 1.165) is 0 Å². The summed E-state index contributed by atoms with van der Waals surface area (Å²) in [5.74, 6) is 0.149. The van der Waals surface area contributed by atoms with Crippen molar-refractivity contribution in [2.75, 3.05) is 14.2 Å². The summed E-state index contributed by atoms with van der Waals surface area (Å²) in [4.78, 5) is 10.5. The van der Waals surface area contributed by atoms with Crippen LogP contribution in [0.4, 0.5) is 0 Å². The molecule has 0 radical (unpaired) electrons. The molecule has 0 atom stereocenters. The molecular weight excluding hydrogens is 236 g/mol. The van der Waals surface area contributed by atoms with Gasteiger partial charge in [-0.15, -0.1) is 0 Å². The van der Waals surface area contributed by atoms with Crippen molar-refractivity contribution in [3.63, 3.8) is 0 Å². The number of carboxylic acid groups (broad SMARTS) is 1. The van der Waals surface area contributed by atoms with Crippen LogP contribution < -0.4 is 9.47 Å². The molecule has 0 amide bonds. The molecule has 2 N–H and O–H groups in total. The van der Waals surface area contributed by atoms with Crippen LogP contribution >= 0.6 is 0 Å². The van der Waals surface area contributed by atoms with Gasteiger partial charge in [-0.1, -0.05) is 12.2 Å². The van der Waals surface area contributed by atoms with Gasteiger partial charge in [0.15, 0.2) is 0 Å². The second-order valence-corrected chi connectivity index (χ2v) is 3.57. The highest BCUT2D eigenvalue weighted by Gasteiger charge is 2.09. The Kier molecular flexibility index (Phi) is 5.20. The topological polar surface area (TPSA) is 76.0 Å². The van der Waals surface area contributed by atoms with E-state index in [1.54, 1.807) is 18.2 Å². The van der Waals surface area contributed by atoms with Gasteiger partial charge in [0.2, 0.25) is 0 Å². The lowest BCUT2D eigenvalue weighted by Gasteiger charge is -2.12. The van der Waals surface area contributed by atoms with Gasteiger partial charge in [0, 0.05) is 0 Å². The molecule has 1 aromatic carbocycles. The summed E-state index contributed by atoms with van der Waals surface area (Å²) in [6, 6.07) is 3.37. The van der Waals surface area contributed by atoms with Gasteiger partial charge in [0.25, 0.3) is 0 Å². The van der Waals surface area contributed by atoms with Crippen LogP contribution in [0.15, 0.2) is 18.2 Å². The largest absolute Gasteiger partial charge is 0.496 e. The van der Waals surface area contributed by atoms with Gasteiger partial charge in [-0.25, -0.2) is 0 Å². The maximum absolute atomic E-state index is 10.5. The summed E-state index contributed by atoms with van der Waals surface area (Å²) in [5.41, 5.74) is 1.32. The zero-order valence-corrected chi connectivity index (χ0v) is 10.3. The molecule has 0 unspecified atom stereocenters. The highest BCUT2D eigenvalue weighted by molar-refractivity contribution is 5.72. The number of aliphatic hydroxyl groups excluding tert-OH is 1. The molecule has 98 valence electrons. The highest BCUT2D eigenvalue weighted by atomic mass is 16.5. The molecule has 5 nitrogen and oxygen atoms in total. The first kappa shape index (κ1) is 14.1. The van der Waals surface area contributed by atoms with Crippen molar-refractivity contribution in [2.24, 2.45) is 0 Å². The summed E-state index contributed by atoms with van der Waals surface area (Å²) in [5, 5.41) is 17.7. The van der Waals surface area contributed by atoms with E-state index in [9.17, 15) is 4.79 Å². The Morgan fingerprint density at radius 1 is 1.28 bits per heavy atom. The van der Waals surface area contributed by atoms with Crippen LogP contribution in [0, 0.1) is 0 Å². The molecule has 18 heavy (non-hydrogen) atoms. The maximum Gasteiger partial charge on any atom is 0.307 e. The number of carboxylic acids is 1. The minimum Gasteiger partial charge on any atom is -0.496 e. The van der Waals surface area contributed by atoms with Gasteiger partial charge in [0.05, 0.1) is 32.8 Å². The number of hydrogen-bond acceptors (Lipinski definition) is 4. The molecule has 0 spiro atoms. The Balaban J connectivity index is 3.14. The van der Waals surface area contributed by atoms with Crippen molar-refractivity contribution in [1.29, 1.82) is 0 Å². The number of hydrogen-bond donors (Lipinski definition) is 2. The first-order valence-electron chi connectivity index (χ1n) is 5.36. The van der Waals surface area contributed by atoms with Gasteiger partial charge in [-0.2, -0.15) is 0 Å². The predicted molar refractivity (Wildman–Crippen MR) is 66.8 cm³/mol. The molecule has 0 saturated heterocycles.